The molecule has 5 saturated carbocycles. The monoisotopic (exact) mass is 728 g/mol. The minimum Gasteiger partial charge on any atom is -0.461 e. The largest absolute Gasteiger partial charge is 0.461 e. The van der Waals surface area contributed by atoms with Gasteiger partial charge < -0.3 is 38.6 Å². The molecule has 0 spiro atoms. The number of allylic oxidation sites excluding steroid dienone is 1. The molecule has 2 N–H and O–H groups in total. The Labute approximate surface area is 301 Å². The molecule has 0 unspecified atom stereocenters. The van der Waals surface area contributed by atoms with Crippen LogP contribution in [0.3, 0.4) is 0 Å². The molecule has 14 heteroatoms. The second-order valence-corrected chi connectivity index (χ2v) is 17.6. The first-order valence-electron chi connectivity index (χ1n) is 18.5. The van der Waals surface area contributed by atoms with Gasteiger partial charge in [0.2, 0.25) is 0 Å². The summed E-state index contributed by atoms with van der Waals surface area (Å²) in [4.78, 5) is 80.9. The molecule has 2 aliphatic heterocycles. The van der Waals surface area contributed by atoms with Crippen LogP contribution in [0.4, 0.5) is 0 Å². The summed E-state index contributed by atoms with van der Waals surface area (Å²) in [5.74, 6) is -9.95. The van der Waals surface area contributed by atoms with Crippen molar-refractivity contribution in [1.82, 2.24) is 0 Å². The maximum absolute atomic E-state index is 14.7. The first kappa shape index (κ1) is 35.7. The van der Waals surface area contributed by atoms with Gasteiger partial charge in [-0.25, -0.2) is 4.79 Å². The Morgan fingerprint density at radius 3 is 2.00 bits per heavy atom. The van der Waals surface area contributed by atoms with Crippen molar-refractivity contribution in [2.24, 2.45) is 63.6 Å². The molecule has 0 radical (unpaired) electrons. The molecule has 52 heavy (non-hydrogen) atoms. The summed E-state index contributed by atoms with van der Waals surface area (Å²) in [5.41, 5.74) is -6.20. The first-order valence-corrected chi connectivity index (χ1v) is 18.5. The van der Waals surface area contributed by atoms with Crippen LogP contribution < -0.4 is 0 Å². The predicted octanol–water partition coefficient (Wildman–Crippen LogP) is 1.80. The van der Waals surface area contributed by atoms with Crippen LogP contribution in [0.25, 0.3) is 0 Å². The molecule has 0 aromatic rings. The van der Waals surface area contributed by atoms with E-state index in [1.807, 2.05) is 13.8 Å². The summed E-state index contributed by atoms with van der Waals surface area (Å²) in [7, 11) is 0. The van der Waals surface area contributed by atoms with E-state index in [1.165, 1.54) is 27.7 Å². The Bertz CT molecular complexity index is 1700. The zero-order valence-corrected chi connectivity index (χ0v) is 30.7. The Morgan fingerprint density at radius 1 is 0.808 bits per heavy atom. The Hall–Kier alpha value is -3.36. The van der Waals surface area contributed by atoms with Crippen molar-refractivity contribution >= 4 is 35.6 Å². The van der Waals surface area contributed by atoms with Gasteiger partial charge in [-0.05, 0) is 51.0 Å². The number of fused-ring (bicyclic) bond motifs is 10. The van der Waals surface area contributed by atoms with Crippen molar-refractivity contribution in [3.8, 4) is 0 Å². The molecule has 0 aromatic carbocycles. The Balaban J connectivity index is 1.41. The highest BCUT2D eigenvalue weighted by Crippen LogP contribution is 2.76. The van der Waals surface area contributed by atoms with Gasteiger partial charge in [-0.3, -0.25) is 24.0 Å². The lowest BCUT2D eigenvalue weighted by molar-refractivity contribution is -0.273. The molecule has 2 heterocycles. The zero-order chi connectivity index (χ0) is 37.8. The highest BCUT2D eigenvalue weighted by molar-refractivity contribution is 5.89. The summed E-state index contributed by atoms with van der Waals surface area (Å²) >= 11 is 0. The molecule has 8 aliphatic rings. The smallest absolute Gasteiger partial charge is 0.343 e. The van der Waals surface area contributed by atoms with Crippen molar-refractivity contribution in [2.45, 2.75) is 123 Å². The third-order valence-corrected chi connectivity index (χ3v) is 14.9. The van der Waals surface area contributed by atoms with Crippen molar-refractivity contribution in [3.05, 3.63) is 11.8 Å². The quantitative estimate of drug-likeness (QED) is 0.236. The number of Topliss-reactive ketones (excluding diaryl/α,β-unsaturated/α-hetero) is 1. The minimum atomic E-state index is -2.10. The number of hydrogen-bond acceptors (Lipinski definition) is 14. The van der Waals surface area contributed by atoms with Gasteiger partial charge in [-0.2, -0.15) is 0 Å². The van der Waals surface area contributed by atoms with Crippen molar-refractivity contribution in [1.29, 1.82) is 0 Å². The van der Waals surface area contributed by atoms with Gasteiger partial charge in [0.05, 0.1) is 17.4 Å². The number of rotatable bonds is 5. The number of hydrogen-bond donors (Lipinski definition) is 2. The molecule has 0 aromatic heterocycles. The van der Waals surface area contributed by atoms with E-state index in [0.717, 1.165) is 0 Å². The number of carbonyl (C=O) groups excluding carboxylic acids is 6. The third-order valence-electron chi connectivity index (χ3n) is 14.9. The van der Waals surface area contributed by atoms with E-state index in [2.05, 4.69) is 0 Å². The average molecular weight is 729 g/mol. The SMILES string of the molecule is CC(=O)O[C@H]1[C@H]2[C@H]([C@@H]3[C@@H](OC(=O)C4CC4)[C@@H]4[C@H]([C@H](C)C=C5OC(=O)[C@@](C)(O)[C@@]54C)[C@@]3(C)[C@H]1OC(C)=O)[C@@H](O)C(=O)[C@H]1C[C@@H]3O[C@@H]3[C@H](OC(C)=O)[C@]21C. The fourth-order valence-corrected chi connectivity index (χ4v) is 12.6. The van der Waals surface area contributed by atoms with Crippen LogP contribution in [-0.4, -0.2) is 94.2 Å². The molecule has 8 rings (SSSR count). The molecule has 0 amide bonds. The molecular formula is C38H48O14. The van der Waals surface area contributed by atoms with Crippen LogP contribution in [-0.2, 0) is 57.2 Å². The summed E-state index contributed by atoms with van der Waals surface area (Å²) in [6.45, 7) is 12.3. The lowest BCUT2D eigenvalue weighted by Gasteiger charge is -2.65. The fraction of sp³-hybridized carbons (Fsp3) is 0.789. The Kier molecular flexibility index (Phi) is 7.61. The summed E-state index contributed by atoms with van der Waals surface area (Å²) < 4.78 is 36.8. The predicted molar refractivity (Wildman–Crippen MR) is 173 cm³/mol. The number of epoxide rings is 1. The van der Waals surface area contributed by atoms with Crippen LogP contribution >= 0.6 is 0 Å². The van der Waals surface area contributed by atoms with Gasteiger partial charge >= 0.3 is 29.8 Å². The zero-order valence-electron chi connectivity index (χ0n) is 30.7. The molecular weight excluding hydrogens is 680 g/mol. The summed E-state index contributed by atoms with van der Waals surface area (Å²) in [6.07, 6.45) is -4.08. The van der Waals surface area contributed by atoms with Gasteiger partial charge in [0, 0.05) is 61.2 Å². The van der Waals surface area contributed by atoms with Gasteiger partial charge in [0.15, 0.2) is 11.4 Å². The number of esters is 5. The minimum absolute atomic E-state index is 0.217. The van der Waals surface area contributed by atoms with Gasteiger partial charge in [0.1, 0.15) is 42.4 Å². The second kappa shape index (κ2) is 11.1. The second-order valence-electron chi connectivity index (χ2n) is 17.6. The number of ether oxygens (including phenoxy) is 6. The van der Waals surface area contributed by atoms with E-state index >= 15 is 0 Å². The average Bonchev–Trinajstić information content (AvgIpc) is 3.97. The molecule has 0 bridgehead atoms. The highest BCUT2D eigenvalue weighted by atomic mass is 16.6. The van der Waals surface area contributed by atoms with E-state index in [1.54, 1.807) is 19.9 Å². The number of ketones is 1. The van der Waals surface area contributed by atoms with Crippen LogP contribution in [0, 0.1) is 63.6 Å². The highest BCUT2D eigenvalue weighted by Gasteiger charge is 2.83. The van der Waals surface area contributed by atoms with E-state index in [4.69, 9.17) is 28.4 Å². The standard InChI is InChI=1S/C38H48O14/c1-13-11-20-37(7,38(8,46)34(45)51-20)25-22(13)36(6)23(29(25)52-33(44)17-9-10-17)21-24(30(47-14(2)39)32(36)49-16(4)41)35(5)18(26(42)27(21)43)12-19-28(50-19)31(35)48-15(3)40/h11,13,17-19,21-25,27-32,43,46H,9-10,12H2,1-8H3/t13-,18-,19+,21+,22+,23-,24-,25+,27-,28+,29-,30+,31+,32+,35+,36-,37+,38-/m1/s1. The number of aliphatic hydroxyl groups is 2. The van der Waals surface area contributed by atoms with Crippen molar-refractivity contribution < 1.29 is 67.4 Å². The molecule has 7 fully saturated rings. The van der Waals surface area contributed by atoms with E-state index in [0.29, 0.717) is 12.8 Å². The van der Waals surface area contributed by atoms with E-state index in [-0.39, 0.29) is 18.1 Å². The van der Waals surface area contributed by atoms with Crippen molar-refractivity contribution in [3.63, 3.8) is 0 Å². The van der Waals surface area contributed by atoms with E-state index in [9.17, 15) is 39.0 Å². The van der Waals surface area contributed by atoms with Crippen LogP contribution in [0.5, 0.6) is 0 Å². The molecule has 284 valence electrons. The molecule has 14 nitrogen and oxygen atoms in total. The number of carbonyl (C=O) groups is 6. The molecule has 6 aliphatic carbocycles. The number of aliphatic hydroxyl groups excluding tert-OH is 1. The topological polar surface area (TPSA) is 202 Å². The normalized spacial score (nSPS) is 52.2. The van der Waals surface area contributed by atoms with Crippen LogP contribution in [0.2, 0.25) is 0 Å². The van der Waals surface area contributed by atoms with Crippen LogP contribution in [0.1, 0.15) is 74.7 Å². The third kappa shape index (κ3) is 4.40. The lowest BCUT2D eigenvalue weighted by Crippen LogP contribution is -2.74. The summed E-state index contributed by atoms with van der Waals surface area (Å²) in [6, 6.07) is 0. The van der Waals surface area contributed by atoms with Gasteiger partial charge in [0.25, 0.3) is 0 Å². The molecule has 18 atom stereocenters. The van der Waals surface area contributed by atoms with Gasteiger partial charge in [-0.15, -0.1) is 0 Å². The molecule has 2 saturated heterocycles. The fourth-order valence-electron chi connectivity index (χ4n) is 12.6. The Morgan fingerprint density at radius 2 is 1.40 bits per heavy atom. The van der Waals surface area contributed by atoms with Crippen LogP contribution in [0.15, 0.2) is 11.8 Å². The van der Waals surface area contributed by atoms with Crippen molar-refractivity contribution in [2.75, 3.05) is 0 Å². The summed E-state index contributed by atoms with van der Waals surface area (Å²) in [5, 5.41) is 24.4. The lowest BCUT2D eigenvalue weighted by atomic mass is 9.41. The maximum Gasteiger partial charge on any atom is 0.343 e. The van der Waals surface area contributed by atoms with E-state index < -0.39 is 142 Å². The first-order chi connectivity index (χ1) is 24.2. The van der Waals surface area contributed by atoms with Gasteiger partial charge in [-0.1, -0.05) is 20.8 Å². The maximum atomic E-state index is 14.7.